The van der Waals surface area contributed by atoms with Gasteiger partial charge >= 0.3 is 0 Å². The minimum atomic E-state index is 0.341. The van der Waals surface area contributed by atoms with Crippen LogP contribution >= 0.6 is 0 Å². The summed E-state index contributed by atoms with van der Waals surface area (Å²) in [4.78, 5) is 13.4. The number of nitrogens with zero attached hydrogens (tertiary/aromatic N) is 2. The van der Waals surface area contributed by atoms with Crippen LogP contribution in [0, 0.1) is 11.8 Å². The van der Waals surface area contributed by atoms with E-state index < -0.39 is 0 Å². The molecule has 2 aromatic rings. The summed E-state index contributed by atoms with van der Waals surface area (Å²) >= 11 is 0. The lowest BCUT2D eigenvalue weighted by atomic mass is 10.0. The first-order chi connectivity index (χ1) is 10.7. The number of hydrogen-bond acceptors (Lipinski definition) is 3. The van der Waals surface area contributed by atoms with Gasteiger partial charge in [-0.05, 0) is 66.3 Å². The van der Waals surface area contributed by atoms with E-state index >= 15 is 0 Å². The number of benzene rings is 2. The summed E-state index contributed by atoms with van der Waals surface area (Å²) < 4.78 is 0. The quantitative estimate of drug-likeness (QED) is 0.717. The fourth-order valence-electron chi connectivity index (χ4n) is 3.28. The first-order valence-electron chi connectivity index (χ1n) is 8.02. The summed E-state index contributed by atoms with van der Waals surface area (Å²) in [5.74, 6) is 0. The highest BCUT2D eigenvalue weighted by Gasteiger charge is 2.26. The van der Waals surface area contributed by atoms with Gasteiger partial charge in [-0.15, -0.1) is 4.91 Å². The van der Waals surface area contributed by atoms with Crippen LogP contribution in [0.15, 0.2) is 47.6 Å². The van der Waals surface area contributed by atoms with Gasteiger partial charge in [-0.25, -0.2) is 0 Å². The molecule has 1 aliphatic rings. The van der Waals surface area contributed by atoms with Crippen LogP contribution in [-0.2, 0) is 6.42 Å². The molecule has 0 aromatic heterocycles. The van der Waals surface area contributed by atoms with E-state index in [4.69, 9.17) is 0 Å². The second kappa shape index (κ2) is 6.30. The van der Waals surface area contributed by atoms with Crippen molar-refractivity contribution in [2.24, 2.45) is 5.18 Å². The molecular weight excluding hydrogens is 272 g/mol. The normalized spacial score (nSPS) is 17.7. The van der Waals surface area contributed by atoms with Crippen molar-refractivity contribution < 1.29 is 0 Å². The fraction of sp³-hybridized carbons (Fsp3) is 0.368. The van der Waals surface area contributed by atoms with E-state index in [2.05, 4.69) is 47.3 Å². The molecule has 22 heavy (non-hydrogen) atoms. The topological polar surface area (TPSA) is 32.7 Å². The standard InChI is InChI=1S/C19H22N2O/c1-3-15-7-10-17(11-8-15)21-12-4-5-19(21)16-9-6-14(2)18(13-16)20-22/h6-11,13,19H,3-5,12H2,1-2H3/t19-/m1/s1. The van der Waals surface area contributed by atoms with E-state index in [1.807, 2.05) is 19.1 Å². The van der Waals surface area contributed by atoms with Gasteiger partial charge in [-0.3, -0.25) is 0 Å². The Balaban J connectivity index is 1.90. The Hall–Kier alpha value is -2.16. The average molecular weight is 294 g/mol. The van der Waals surface area contributed by atoms with Crippen LogP contribution in [0.5, 0.6) is 0 Å². The molecule has 0 unspecified atom stereocenters. The second-order valence-corrected chi connectivity index (χ2v) is 6.01. The lowest BCUT2D eigenvalue weighted by molar-refractivity contribution is 0.719. The van der Waals surface area contributed by atoms with Crippen molar-refractivity contribution in [2.75, 3.05) is 11.4 Å². The van der Waals surface area contributed by atoms with E-state index in [-0.39, 0.29) is 0 Å². The monoisotopic (exact) mass is 294 g/mol. The predicted octanol–water partition coefficient (Wildman–Crippen LogP) is 5.30. The minimum Gasteiger partial charge on any atom is -0.364 e. The number of nitroso groups, excluding NO2 is 1. The number of anilines is 1. The Morgan fingerprint density at radius 1 is 1.18 bits per heavy atom. The van der Waals surface area contributed by atoms with Crippen LogP contribution in [0.2, 0.25) is 0 Å². The van der Waals surface area contributed by atoms with Crippen molar-refractivity contribution in [1.82, 2.24) is 0 Å². The zero-order chi connectivity index (χ0) is 15.5. The molecule has 3 heteroatoms. The number of aryl methyl sites for hydroxylation is 2. The minimum absolute atomic E-state index is 0.341. The zero-order valence-corrected chi connectivity index (χ0v) is 13.2. The Kier molecular flexibility index (Phi) is 4.23. The molecule has 1 atom stereocenters. The molecule has 0 spiro atoms. The largest absolute Gasteiger partial charge is 0.364 e. The Morgan fingerprint density at radius 3 is 2.64 bits per heavy atom. The molecule has 2 aromatic carbocycles. The smallest absolute Gasteiger partial charge is 0.111 e. The first kappa shape index (κ1) is 14.8. The summed E-state index contributed by atoms with van der Waals surface area (Å²) in [6, 6.07) is 15.3. The molecule has 0 amide bonds. The van der Waals surface area contributed by atoms with Gasteiger partial charge in [0.05, 0.1) is 6.04 Å². The van der Waals surface area contributed by atoms with Crippen molar-refractivity contribution in [3.63, 3.8) is 0 Å². The molecule has 114 valence electrons. The van der Waals surface area contributed by atoms with Crippen molar-refractivity contribution in [2.45, 2.75) is 39.2 Å². The van der Waals surface area contributed by atoms with Gasteiger partial charge in [0.25, 0.3) is 0 Å². The van der Waals surface area contributed by atoms with Gasteiger partial charge in [-0.1, -0.05) is 31.2 Å². The van der Waals surface area contributed by atoms with Crippen LogP contribution in [-0.4, -0.2) is 6.54 Å². The lowest BCUT2D eigenvalue weighted by Crippen LogP contribution is -2.22. The molecule has 0 bridgehead atoms. The van der Waals surface area contributed by atoms with Crippen molar-refractivity contribution in [3.05, 3.63) is 64.1 Å². The number of rotatable bonds is 4. The summed E-state index contributed by atoms with van der Waals surface area (Å²) in [6.45, 7) is 5.16. The van der Waals surface area contributed by atoms with E-state index in [0.717, 1.165) is 24.9 Å². The molecule has 3 nitrogen and oxygen atoms in total. The highest BCUT2D eigenvalue weighted by molar-refractivity contribution is 5.54. The molecular formula is C19H22N2O. The molecule has 0 saturated carbocycles. The van der Waals surface area contributed by atoms with Crippen LogP contribution in [0.25, 0.3) is 0 Å². The van der Waals surface area contributed by atoms with Crippen LogP contribution in [0.1, 0.15) is 42.5 Å². The summed E-state index contributed by atoms with van der Waals surface area (Å²) in [5, 5.41) is 3.15. The van der Waals surface area contributed by atoms with Crippen LogP contribution in [0.3, 0.4) is 0 Å². The third-order valence-electron chi connectivity index (χ3n) is 4.65. The summed E-state index contributed by atoms with van der Waals surface area (Å²) in [5.41, 5.74) is 5.32. The molecule has 3 rings (SSSR count). The van der Waals surface area contributed by atoms with Crippen molar-refractivity contribution in [1.29, 1.82) is 0 Å². The molecule has 1 heterocycles. The fourth-order valence-corrected chi connectivity index (χ4v) is 3.28. The van der Waals surface area contributed by atoms with E-state index in [1.165, 1.54) is 23.2 Å². The van der Waals surface area contributed by atoms with Crippen LogP contribution in [0.4, 0.5) is 11.4 Å². The van der Waals surface area contributed by atoms with E-state index in [9.17, 15) is 4.91 Å². The maximum atomic E-state index is 11.0. The molecule has 1 fully saturated rings. The third-order valence-corrected chi connectivity index (χ3v) is 4.65. The maximum Gasteiger partial charge on any atom is 0.111 e. The lowest BCUT2D eigenvalue weighted by Gasteiger charge is -2.27. The summed E-state index contributed by atoms with van der Waals surface area (Å²) in [7, 11) is 0. The Morgan fingerprint density at radius 2 is 1.95 bits per heavy atom. The highest BCUT2D eigenvalue weighted by Crippen LogP contribution is 2.37. The van der Waals surface area contributed by atoms with Crippen molar-refractivity contribution >= 4 is 11.4 Å². The zero-order valence-electron chi connectivity index (χ0n) is 13.2. The Labute approximate surface area is 131 Å². The van der Waals surface area contributed by atoms with Gasteiger partial charge < -0.3 is 4.90 Å². The first-order valence-corrected chi connectivity index (χ1v) is 8.02. The second-order valence-electron chi connectivity index (χ2n) is 6.01. The molecule has 0 aliphatic carbocycles. The van der Waals surface area contributed by atoms with Gasteiger partial charge in [-0.2, -0.15) is 0 Å². The number of hydrogen-bond donors (Lipinski definition) is 0. The maximum absolute atomic E-state index is 11.0. The van der Waals surface area contributed by atoms with Gasteiger partial charge in [0.15, 0.2) is 0 Å². The van der Waals surface area contributed by atoms with Gasteiger partial charge in [0.1, 0.15) is 5.69 Å². The summed E-state index contributed by atoms with van der Waals surface area (Å²) in [6.07, 6.45) is 3.37. The SMILES string of the molecule is CCc1ccc(N2CCC[C@@H]2c2ccc(C)c(N=O)c2)cc1. The third kappa shape index (κ3) is 2.76. The van der Waals surface area contributed by atoms with Crippen LogP contribution < -0.4 is 4.90 Å². The van der Waals surface area contributed by atoms with Crippen molar-refractivity contribution in [3.8, 4) is 0 Å². The van der Waals surface area contributed by atoms with Gasteiger partial charge in [0.2, 0.25) is 0 Å². The predicted molar refractivity (Wildman–Crippen MR) is 91.8 cm³/mol. The molecule has 1 aliphatic heterocycles. The Bertz CT molecular complexity index is 664. The van der Waals surface area contributed by atoms with Gasteiger partial charge in [0, 0.05) is 12.2 Å². The van der Waals surface area contributed by atoms with E-state index in [1.54, 1.807) is 0 Å². The van der Waals surface area contributed by atoms with E-state index in [0.29, 0.717) is 11.7 Å². The molecule has 0 radical (unpaired) electrons. The molecule has 0 N–H and O–H groups in total. The molecule has 1 saturated heterocycles. The highest BCUT2D eigenvalue weighted by atomic mass is 16.3. The average Bonchev–Trinajstić information content (AvgIpc) is 3.05.